The van der Waals surface area contributed by atoms with E-state index in [9.17, 15) is 14.4 Å². The Morgan fingerprint density at radius 1 is 1.57 bits per heavy atom. The molecule has 2 rings (SSSR count). The highest BCUT2D eigenvalue weighted by atomic mass is 32.1. The molecule has 1 aromatic heterocycles. The van der Waals surface area contributed by atoms with Crippen molar-refractivity contribution < 1.29 is 19.5 Å². The van der Waals surface area contributed by atoms with E-state index in [4.69, 9.17) is 5.11 Å². The lowest BCUT2D eigenvalue weighted by Gasteiger charge is -2.20. The van der Waals surface area contributed by atoms with Crippen LogP contribution in [0.3, 0.4) is 0 Å². The predicted molar refractivity (Wildman–Crippen MR) is 77.3 cm³/mol. The van der Waals surface area contributed by atoms with Gasteiger partial charge in [0.2, 0.25) is 11.8 Å². The van der Waals surface area contributed by atoms with Gasteiger partial charge in [-0.3, -0.25) is 14.5 Å². The van der Waals surface area contributed by atoms with Gasteiger partial charge in [0.25, 0.3) is 0 Å². The molecule has 1 saturated heterocycles. The summed E-state index contributed by atoms with van der Waals surface area (Å²) in [5, 5.41) is 11.2. The fourth-order valence-corrected chi connectivity index (χ4v) is 2.88. The molecule has 0 aromatic carbocycles. The van der Waals surface area contributed by atoms with Crippen molar-refractivity contribution in [1.29, 1.82) is 0 Å². The van der Waals surface area contributed by atoms with Gasteiger partial charge in [-0.15, -0.1) is 11.3 Å². The summed E-state index contributed by atoms with van der Waals surface area (Å²) in [5.74, 6) is -1.30. The molecular formula is C13H17N3O4S. The Labute approximate surface area is 126 Å². The number of nitrogens with zero attached hydrogens (tertiary/aromatic N) is 3. The van der Waals surface area contributed by atoms with Crippen molar-refractivity contribution in [3.63, 3.8) is 0 Å². The highest BCUT2D eigenvalue weighted by Crippen LogP contribution is 2.25. The number of anilines is 1. The van der Waals surface area contributed by atoms with Gasteiger partial charge in [0.05, 0.1) is 12.1 Å². The van der Waals surface area contributed by atoms with E-state index in [1.54, 1.807) is 10.3 Å². The summed E-state index contributed by atoms with van der Waals surface area (Å²) < 4.78 is 0. The largest absolute Gasteiger partial charge is 0.480 e. The summed E-state index contributed by atoms with van der Waals surface area (Å²) in [5.41, 5.74) is 0.559. The van der Waals surface area contributed by atoms with Crippen LogP contribution in [0.25, 0.3) is 0 Å². The van der Waals surface area contributed by atoms with Crippen molar-refractivity contribution in [1.82, 2.24) is 9.88 Å². The molecule has 2 amide bonds. The van der Waals surface area contributed by atoms with Crippen LogP contribution >= 0.6 is 11.3 Å². The molecule has 1 unspecified atom stereocenters. The van der Waals surface area contributed by atoms with Crippen LogP contribution in [-0.2, 0) is 20.8 Å². The molecule has 2 heterocycles. The number of thiazole rings is 1. The molecule has 1 aromatic rings. The third-order valence-electron chi connectivity index (χ3n) is 3.51. The molecule has 0 aliphatic carbocycles. The van der Waals surface area contributed by atoms with Gasteiger partial charge < -0.3 is 10.0 Å². The number of aromatic nitrogens is 1. The first-order chi connectivity index (χ1) is 9.90. The molecule has 1 aliphatic heterocycles. The standard InChI is InChI=1S/C13H17N3O4S/c1-8(12(19)20)15(2)11(18)6-9-7-21-13(14-9)16-5-3-4-10(16)17/h7-8H,3-6H2,1-2H3,(H,19,20). The second kappa shape index (κ2) is 6.21. The molecule has 114 valence electrons. The van der Waals surface area contributed by atoms with Gasteiger partial charge in [-0.2, -0.15) is 0 Å². The summed E-state index contributed by atoms with van der Waals surface area (Å²) in [7, 11) is 1.46. The fourth-order valence-electron chi connectivity index (χ4n) is 2.01. The third-order valence-corrected chi connectivity index (χ3v) is 4.42. The lowest BCUT2D eigenvalue weighted by molar-refractivity contribution is -0.148. The van der Waals surface area contributed by atoms with Crippen LogP contribution in [0.15, 0.2) is 5.38 Å². The van der Waals surface area contributed by atoms with Crippen molar-refractivity contribution in [2.24, 2.45) is 0 Å². The Balaban J connectivity index is 2.00. The minimum absolute atomic E-state index is 0.0344. The number of carboxylic acid groups (broad SMARTS) is 1. The maximum absolute atomic E-state index is 12.0. The number of amides is 2. The van der Waals surface area contributed by atoms with Gasteiger partial charge in [0, 0.05) is 25.4 Å². The zero-order chi connectivity index (χ0) is 15.6. The monoisotopic (exact) mass is 311 g/mol. The minimum atomic E-state index is -1.05. The van der Waals surface area contributed by atoms with E-state index in [0.717, 1.165) is 6.42 Å². The molecule has 1 aliphatic rings. The van der Waals surface area contributed by atoms with Gasteiger partial charge in [-0.05, 0) is 13.3 Å². The maximum atomic E-state index is 12.0. The van der Waals surface area contributed by atoms with Crippen LogP contribution in [0, 0.1) is 0 Å². The van der Waals surface area contributed by atoms with E-state index in [1.165, 1.54) is 30.2 Å². The lowest BCUT2D eigenvalue weighted by Crippen LogP contribution is -2.41. The Bertz CT molecular complexity index is 572. The van der Waals surface area contributed by atoms with E-state index in [2.05, 4.69) is 4.98 Å². The zero-order valence-corrected chi connectivity index (χ0v) is 12.7. The quantitative estimate of drug-likeness (QED) is 0.866. The lowest BCUT2D eigenvalue weighted by atomic mass is 10.2. The summed E-state index contributed by atoms with van der Waals surface area (Å²) in [6, 6.07) is -0.879. The van der Waals surface area contributed by atoms with Crippen LogP contribution in [0.5, 0.6) is 0 Å². The molecule has 7 nitrogen and oxygen atoms in total. The van der Waals surface area contributed by atoms with E-state index < -0.39 is 12.0 Å². The molecule has 0 saturated carbocycles. The van der Waals surface area contributed by atoms with E-state index >= 15 is 0 Å². The minimum Gasteiger partial charge on any atom is -0.480 e. The second-order valence-electron chi connectivity index (χ2n) is 4.97. The number of carbonyl (C=O) groups is 3. The topological polar surface area (TPSA) is 90.8 Å². The first-order valence-electron chi connectivity index (χ1n) is 6.63. The summed E-state index contributed by atoms with van der Waals surface area (Å²) in [6.07, 6.45) is 1.39. The molecule has 1 fully saturated rings. The number of hydrogen-bond donors (Lipinski definition) is 1. The summed E-state index contributed by atoms with van der Waals surface area (Å²) >= 11 is 1.33. The van der Waals surface area contributed by atoms with Crippen LogP contribution in [0.4, 0.5) is 5.13 Å². The highest BCUT2D eigenvalue weighted by molar-refractivity contribution is 7.14. The SMILES string of the molecule is CC(C(=O)O)N(C)C(=O)Cc1csc(N2CCCC2=O)n1. The molecule has 1 N–H and O–H groups in total. The second-order valence-corrected chi connectivity index (χ2v) is 5.80. The fraction of sp³-hybridized carbons (Fsp3) is 0.538. The van der Waals surface area contributed by atoms with Crippen LogP contribution in [0.2, 0.25) is 0 Å². The van der Waals surface area contributed by atoms with Crippen molar-refractivity contribution in [3.8, 4) is 0 Å². The Kier molecular flexibility index (Phi) is 4.56. The van der Waals surface area contributed by atoms with E-state index in [-0.39, 0.29) is 18.2 Å². The number of likely N-dealkylation sites (N-methyl/N-ethyl adjacent to an activating group) is 1. The maximum Gasteiger partial charge on any atom is 0.326 e. The molecule has 0 spiro atoms. The predicted octanol–water partition coefficient (Wildman–Crippen LogP) is 0.744. The Morgan fingerprint density at radius 3 is 2.86 bits per heavy atom. The smallest absolute Gasteiger partial charge is 0.326 e. The first-order valence-corrected chi connectivity index (χ1v) is 7.51. The molecular weight excluding hydrogens is 294 g/mol. The Morgan fingerprint density at radius 2 is 2.29 bits per heavy atom. The van der Waals surface area contributed by atoms with Gasteiger partial charge >= 0.3 is 5.97 Å². The summed E-state index contributed by atoms with van der Waals surface area (Å²) in [6.45, 7) is 2.12. The van der Waals surface area contributed by atoms with Crippen molar-refractivity contribution in [3.05, 3.63) is 11.1 Å². The Hall–Kier alpha value is -1.96. The third kappa shape index (κ3) is 3.38. The molecule has 0 bridgehead atoms. The number of aliphatic carboxylic acids is 1. The summed E-state index contributed by atoms with van der Waals surface area (Å²) in [4.78, 5) is 41.6. The number of rotatable bonds is 5. The van der Waals surface area contributed by atoms with Crippen molar-refractivity contribution in [2.75, 3.05) is 18.5 Å². The van der Waals surface area contributed by atoms with Crippen LogP contribution in [-0.4, -0.2) is 52.4 Å². The average Bonchev–Trinajstić information content (AvgIpc) is 3.05. The number of hydrogen-bond acceptors (Lipinski definition) is 5. The molecule has 1 atom stereocenters. The molecule has 21 heavy (non-hydrogen) atoms. The average molecular weight is 311 g/mol. The van der Waals surface area contributed by atoms with Crippen LogP contribution < -0.4 is 4.90 Å². The zero-order valence-electron chi connectivity index (χ0n) is 11.9. The van der Waals surface area contributed by atoms with Gasteiger partial charge in [-0.25, -0.2) is 9.78 Å². The molecule has 0 radical (unpaired) electrons. The van der Waals surface area contributed by atoms with Gasteiger partial charge in [0.1, 0.15) is 6.04 Å². The van der Waals surface area contributed by atoms with Gasteiger partial charge in [-0.1, -0.05) is 0 Å². The number of carboxylic acids is 1. The normalized spacial score (nSPS) is 16.1. The van der Waals surface area contributed by atoms with Crippen LogP contribution in [0.1, 0.15) is 25.5 Å². The molecule has 8 heteroatoms. The first kappa shape index (κ1) is 15.4. The number of carbonyl (C=O) groups excluding carboxylic acids is 2. The van der Waals surface area contributed by atoms with Gasteiger partial charge in [0.15, 0.2) is 5.13 Å². The van der Waals surface area contributed by atoms with Crippen molar-refractivity contribution in [2.45, 2.75) is 32.2 Å². The van der Waals surface area contributed by atoms with E-state index in [0.29, 0.717) is 23.8 Å². The highest BCUT2D eigenvalue weighted by Gasteiger charge is 2.26. The van der Waals surface area contributed by atoms with E-state index in [1.807, 2.05) is 0 Å². The van der Waals surface area contributed by atoms with Crippen molar-refractivity contribution >= 4 is 34.3 Å².